The Kier molecular flexibility index (Phi) is 5.52. The molecule has 6 heterocycles. The molecular weight excluding hydrogens is 625 g/mol. The molecule has 0 radical (unpaired) electrons. The van der Waals surface area contributed by atoms with Crippen LogP contribution in [0.25, 0.3) is 38.4 Å². The van der Waals surface area contributed by atoms with Crippen molar-refractivity contribution in [2.45, 2.75) is 38.5 Å². The van der Waals surface area contributed by atoms with Gasteiger partial charge in [0, 0.05) is 62.7 Å². The predicted molar refractivity (Wildman–Crippen MR) is 209 cm³/mol. The number of pyridine rings is 2. The number of hydrogen-bond acceptors (Lipinski definition) is 5. The number of nitrogens with zero attached hydrogens (tertiary/aromatic N) is 5. The maximum absolute atomic E-state index is 6.72. The summed E-state index contributed by atoms with van der Waals surface area (Å²) >= 11 is 0. The average Bonchev–Trinajstić information content (AvgIpc) is 3.76. The lowest BCUT2D eigenvalue weighted by Crippen LogP contribution is -2.55. The van der Waals surface area contributed by atoms with Crippen molar-refractivity contribution < 1.29 is 4.74 Å². The minimum absolute atomic E-state index is 0.0529. The second-order valence-corrected chi connectivity index (χ2v) is 15.1. The zero-order valence-corrected chi connectivity index (χ0v) is 28.9. The summed E-state index contributed by atoms with van der Waals surface area (Å²) in [5, 5.41) is 3.51. The third kappa shape index (κ3) is 3.63. The first-order chi connectivity index (χ1) is 24.8. The molecule has 0 amide bonds. The van der Waals surface area contributed by atoms with Crippen LogP contribution >= 0.6 is 0 Å². The van der Waals surface area contributed by atoms with Crippen LogP contribution in [-0.2, 0) is 10.8 Å². The third-order valence-electron chi connectivity index (χ3n) is 12.2. The molecule has 7 heteroatoms. The van der Waals surface area contributed by atoms with E-state index in [9.17, 15) is 0 Å². The van der Waals surface area contributed by atoms with Gasteiger partial charge in [-0.05, 0) is 70.5 Å². The fraction of sp³-hybridized carbons (Fsp3) is 0.136. The molecule has 0 atom stereocenters. The minimum atomic E-state index is -0.102. The van der Waals surface area contributed by atoms with Crippen molar-refractivity contribution in [3.8, 4) is 22.6 Å². The summed E-state index contributed by atoms with van der Waals surface area (Å²) in [5.41, 5.74) is 11.7. The molecule has 0 aliphatic carbocycles. The minimum Gasteiger partial charge on any atom is -0.457 e. The Morgan fingerprint density at radius 2 is 1.39 bits per heavy atom. The summed E-state index contributed by atoms with van der Waals surface area (Å²) in [4.78, 5) is 14.8. The Balaban J connectivity index is 1.04. The summed E-state index contributed by atoms with van der Waals surface area (Å²) in [5.74, 6) is 2.46. The Labute approximate surface area is 296 Å². The van der Waals surface area contributed by atoms with Gasteiger partial charge in [-0.15, -0.1) is 0 Å². The Hall–Kier alpha value is -6.08. The first-order valence-electron chi connectivity index (χ1n) is 17.7. The van der Waals surface area contributed by atoms with Crippen molar-refractivity contribution in [3.05, 3.63) is 145 Å². The second-order valence-electron chi connectivity index (χ2n) is 15.1. The molecule has 0 N–H and O–H groups in total. The van der Waals surface area contributed by atoms with E-state index in [4.69, 9.17) is 14.7 Å². The summed E-state index contributed by atoms with van der Waals surface area (Å²) in [6.07, 6.45) is 3.96. The van der Waals surface area contributed by atoms with Crippen molar-refractivity contribution in [1.29, 1.82) is 0 Å². The molecule has 51 heavy (non-hydrogen) atoms. The second kappa shape index (κ2) is 9.79. The van der Waals surface area contributed by atoms with E-state index in [-0.39, 0.29) is 17.8 Å². The van der Waals surface area contributed by atoms with Gasteiger partial charge in [-0.1, -0.05) is 94.4 Å². The van der Waals surface area contributed by atoms with E-state index in [1.807, 2.05) is 18.3 Å². The Morgan fingerprint density at radius 3 is 2.29 bits per heavy atom. The zero-order valence-electron chi connectivity index (χ0n) is 28.9. The average molecular weight is 660 g/mol. The highest BCUT2D eigenvalue weighted by atomic mass is 16.5. The van der Waals surface area contributed by atoms with E-state index < -0.39 is 0 Å². The lowest BCUT2D eigenvalue weighted by Gasteiger charge is -2.45. The van der Waals surface area contributed by atoms with Gasteiger partial charge in [-0.25, -0.2) is 9.97 Å². The van der Waals surface area contributed by atoms with Crippen LogP contribution in [-0.4, -0.2) is 21.4 Å². The molecule has 5 aromatic carbocycles. The van der Waals surface area contributed by atoms with E-state index in [1.54, 1.807) is 0 Å². The lowest BCUT2D eigenvalue weighted by atomic mass is 9.59. The summed E-state index contributed by atoms with van der Waals surface area (Å²) < 4.78 is 9.11. The fourth-order valence-corrected chi connectivity index (χ4v) is 9.02. The molecule has 8 aromatic rings. The van der Waals surface area contributed by atoms with Crippen LogP contribution < -0.4 is 19.8 Å². The van der Waals surface area contributed by atoms with Gasteiger partial charge >= 0.3 is 6.98 Å². The highest BCUT2D eigenvalue weighted by Gasteiger charge is 2.49. The molecule has 3 aliphatic rings. The third-order valence-corrected chi connectivity index (χ3v) is 12.2. The van der Waals surface area contributed by atoms with Gasteiger partial charge in [0.1, 0.15) is 23.0 Å². The number of ether oxygens (including phenoxy) is 1. The molecule has 0 unspecified atom stereocenters. The number of rotatable bonds is 3. The normalized spacial score (nSPS) is 16.0. The topological polar surface area (TPSA) is 45.9 Å². The largest absolute Gasteiger partial charge is 0.457 e. The van der Waals surface area contributed by atoms with Crippen molar-refractivity contribution in [2.75, 3.05) is 9.62 Å². The van der Waals surface area contributed by atoms with E-state index in [0.29, 0.717) is 0 Å². The number of imidazole rings is 1. The number of para-hydroxylation sites is 2. The van der Waals surface area contributed by atoms with Crippen LogP contribution in [0.2, 0.25) is 0 Å². The van der Waals surface area contributed by atoms with Crippen molar-refractivity contribution in [2.24, 2.45) is 0 Å². The SMILES string of the molecule is CC1(C)c2cccc3c4ccc(Oc5cccc(N6B7c8ccccc8-c8ccccc8N7c7cccnc76)c5)cc4c4ncc(n4c23)C1(C)C. The van der Waals surface area contributed by atoms with E-state index in [1.165, 1.54) is 49.8 Å². The lowest BCUT2D eigenvalue weighted by molar-refractivity contribution is 0.288. The van der Waals surface area contributed by atoms with Crippen LogP contribution in [0, 0.1) is 0 Å². The standard InChI is InChI=1S/C44H34BN5O/c1-43(2)35-17-10-16-33-30-22-21-29(25-34(30)41-47-26-39(44(43,3)4)48(41)40(33)35)51-28-13-9-12-27(24-28)49-42-38(20-11-23-46-42)50-37-19-8-6-15-32(37)31-14-5-7-18-36(31)45(49)50/h5-26H,1-4H3. The van der Waals surface area contributed by atoms with Crippen LogP contribution in [0.3, 0.4) is 0 Å². The first-order valence-corrected chi connectivity index (χ1v) is 17.7. The molecule has 0 saturated carbocycles. The highest BCUT2D eigenvalue weighted by Crippen LogP contribution is 2.52. The van der Waals surface area contributed by atoms with Gasteiger partial charge in [-0.2, -0.15) is 0 Å². The van der Waals surface area contributed by atoms with Gasteiger partial charge in [0.25, 0.3) is 0 Å². The summed E-state index contributed by atoms with van der Waals surface area (Å²) in [6.45, 7) is 9.31. The molecule has 6 nitrogen and oxygen atoms in total. The van der Waals surface area contributed by atoms with E-state index in [0.717, 1.165) is 39.7 Å². The van der Waals surface area contributed by atoms with Gasteiger partial charge in [-0.3, -0.25) is 4.40 Å². The van der Waals surface area contributed by atoms with Gasteiger partial charge < -0.3 is 14.4 Å². The van der Waals surface area contributed by atoms with Gasteiger partial charge in [0.2, 0.25) is 0 Å². The number of fused-ring (bicyclic) bond motifs is 11. The summed E-state index contributed by atoms with van der Waals surface area (Å²) in [6, 6.07) is 43.2. The van der Waals surface area contributed by atoms with Gasteiger partial charge in [0.15, 0.2) is 0 Å². The Bertz CT molecular complexity index is 2780. The molecular formula is C44H34BN5O. The van der Waals surface area contributed by atoms with Crippen LogP contribution in [0.5, 0.6) is 11.5 Å². The monoisotopic (exact) mass is 659 g/mol. The van der Waals surface area contributed by atoms with Crippen LogP contribution in [0.15, 0.2) is 134 Å². The molecule has 244 valence electrons. The number of benzene rings is 5. The van der Waals surface area contributed by atoms with Crippen LogP contribution in [0.4, 0.5) is 22.9 Å². The molecule has 0 fully saturated rings. The highest BCUT2D eigenvalue weighted by molar-refractivity contribution is 6.86. The fourth-order valence-electron chi connectivity index (χ4n) is 9.02. The first kappa shape index (κ1) is 28.7. The predicted octanol–water partition coefficient (Wildman–Crippen LogP) is 10.1. The van der Waals surface area contributed by atoms with E-state index in [2.05, 4.69) is 157 Å². The molecule has 3 aromatic heterocycles. The molecule has 3 aliphatic heterocycles. The Morgan fingerprint density at radius 1 is 0.608 bits per heavy atom. The molecule has 11 rings (SSSR count). The zero-order chi connectivity index (χ0) is 34.2. The smallest absolute Gasteiger partial charge is 0.422 e. The molecule has 0 spiro atoms. The van der Waals surface area contributed by atoms with Gasteiger partial charge in [0.05, 0.1) is 11.2 Å². The number of hydrogen-bond donors (Lipinski definition) is 0. The summed E-state index contributed by atoms with van der Waals surface area (Å²) in [7, 11) is 0. The van der Waals surface area contributed by atoms with E-state index >= 15 is 0 Å². The molecule has 0 saturated heterocycles. The maximum atomic E-state index is 6.72. The van der Waals surface area contributed by atoms with Crippen LogP contribution in [0.1, 0.15) is 39.0 Å². The van der Waals surface area contributed by atoms with Crippen molar-refractivity contribution in [3.63, 3.8) is 0 Å². The van der Waals surface area contributed by atoms with Crippen molar-refractivity contribution in [1.82, 2.24) is 14.4 Å². The number of aromatic nitrogens is 3. The maximum Gasteiger partial charge on any atom is 0.422 e. The quantitative estimate of drug-likeness (QED) is 0.140. The molecule has 0 bridgehead atoms. The number of anilines is 4. The van der Waals surface area contributed by atoms with Crippen molar-refractivity contribution >= 4 is 62.6 Å².